The molecule has 4 saturated carbocycles. The van der Waals surface area contributed by atoms with Gasteiger partial charge in [0.2, 0.25) is 0 Å². The second-order valence-corrected chi connectivity index (χ2v) is 10.5. The van der Waals surface area contributed by atoms with Crippen molar-refractivity contribution in [2.24, 2.45) is 34.5 Å². The van der Waals surface area contributed by atoms with E-state index in [0.29, 0.717) is 30.0 Å². The zero-order chi connectivity index (χ0) is 20.3. The van der Waals surface area contributed by atoms with E-state index in [0.717, 1.165) is 44.9 Å². The molecule has 0 saturated heterocycles. The molecule has 0 aliphatic heterocycles. The molecule has 0 bridgehead atoms. The third kappa shape index (κ3) is 3.19. The number of esters is 2. The molecule has 156 valence electrons. The van der Waals surface area contributed by atoms with E-state index in [2.05, 4.69) is 13.8 Å². The number of carbonyl (C=O) groups is 3. The van der Waals surface area contributed by atoms with Crippen molar-refractivity contribution >= 4 is 17.7 Å². The van der Waals surface area contributed by atoms with Gasteiger partial charge in [-0.1, -0.05) is 13.8 Å². The summed E-state index contributed by atoms with van der Waals surface area (Å²) in [6, 6.07) is 0. The van der Waals surface area contributed by atoms with Crippen LogP contribution in [0.25, 0.3) is 0 Å². The smallest absolute Gasteiger partial charge is 0.302 e. The van der Waals surface area contributed by atoms with Gasteiger partial charge in [0, 0.05) is 26.2 Å². The van der Waals surface area contributed by atoms with Crippen molar-refractivity contribution in [3.63, 3.8) is 0 Å². The highest BCUT2D eigenvalue weighted by Gasteiger charge is 2.62. The SMILES string of the molecule is CC(=O)O[C@H]1CC[C@@]2(C)[C@@H](CC[C@H]3[C@@H]4C[C@H](OC(C)=O)C[C@@]4(C)CC(=O)[C@@H]32)C1. The third-order valence-corrected chi connectivity index (χ3v) is 8.69. The number of fused-ring (bicyclic) bond motifs is 5. The van der Waals surface area contributed by atoms with Crippen LogP contribution in [-0.2, 0) is 23.9 Å². The van der Waals surface area contributed by atoms with Gasteiger partial charge in [0.05, 0.1) is 0 Å². The summed E-state index contributed by atoms with van der Waals surface area (Å²) in [6.07, 6.45) is 7.20. The largest absolute Gasteiger partial charge is 0.463 e. The van der Waals surface area contributed by atoms with Gasteiger partial charge in [-0.15, -0.1) is 0 Å². The summed E-state index contributed by atoms with van der Waals surface area (Å²) in [5.74, 6) is 1.43. The zero-order valence-corrected chi connectivity index (χ0v) is 17.7. The van der Waals surface area contributed by atoms with E-state index in [1.165, 1.54) is 13.8 Å². The van der Waals surface area contributed by atoms with Crippen LogP contribution in [0.2, 0.25) is 0 Å². The van der Waals surface area contributed by atoms with Gasteiger partial charge in [-0.05, 0) is 73.5 Å². The van der Waals surface area contributed by atoms with Crippen LogP contribution >= 0.6 is 0 Å². The highest BCUT2D eigenvalue weighted by atomic mass is 16.5. The second-order valence-electron chi connectivity index (χ2n) is 10.5. The first-order valence-electron chi connectivity index (χ1n) is 11.0. The highest BCUT2D eigenvalue weighted by molar-refractivity contribution is 5.84. The predicted molar refractivity (Wildman–Crippen MR) is 103 cm³/mol. The Morgan fingerprint density at radius 3 is 2.32 bits per heavy atom. The lowest BCUT2D eigenvalue weighted by atomic mass is 9.45. The summed E-state index contributed by atoms with van der Waals surface area (Å²) in [4.78, 5) is 36.3. The quantitative estimate of drug-likeness (QED) is 0.665. The van der Waals surface area contributed by atoms with Gasteiger partial charge in [-0.25, -0.2) is 0 Å². The summed E-state index contributed by atoms with van der Waals surface area (Å²) < 4.78 is 11.1. The molecule has 28 heavy (non-hydrogen) atoms. The average Bonchev–Trinajstić information content (AvgIpc) is 2.89. The maximum atomic E-state index is 13.4. The van der Waals surface area contributed by atoms with Crippen LogP contribution in [-0.4, -0.2) is 29.9 Å². The van der Waals surface area contributed by atoms with Crippen LogP contribution in [0.5, 0.6) is 0 Å². The lowest BCUT2D eigenvalue weighted by molar-refractivity contribution is -0.167. The summed E-state index contributed by atoms with van der Waals surface area (Å²) in [5, 5.41) is 0. The van der Waals surface area contributed by atoms with Crippen molar-refractivity contribution in [1.29, 1.82) is 0 Å². The molecule has 5 heteroatoms. The molecule has 4 aliphatic rings. The molecule has 8 atom stereocenters. The van der Waals surface area contributed by atoms with E-state index in [-0.39, 0.29) is 40.9 Å². The number of ether oxygens (including phenoxy) is 2. The molecule has 0 spiro atoms. The summed E-state index contributed by atoms with van der Waals surface area (Å²) in [6.45, 7) is 7.51. The maximum absolute atomic E-state index is 13.4. The van der Waals surface area contributed by atoms with E-state index >= 15 is 0 Å². The number of hydrogen-bond donors (Lipinski definition) is 0. The number of hydrogen-bond acceptors (Lipinski definition) is 5. The number of rotatable bonds is 2. The minimum absolute atomic E-state index is 0.0101. The monoisotopic (exact) mass is 390 g/mol. The fraction of sp³-hybridized carbons (Fsp3) is 0.870. The Labute approximate surface area is 167 Å². The molecule has 0 radical (unpaired) electrons. The molecule has 0 unspecified atom stereocenters. The average molecular weight is 391 g/mol. The first kappa shape index (κ1) is 19.9. The van der Waals surface area contributed by atoms with Crippen LogP contribution in [0.15, 0.2) is 0 Å². The Bertz CT molecular complexity index is 686. The number of Topliss-reactive ketones (excluding diaryl/α,β-unsaturated/α-hetero) is 1. The Balaban J connectivity index is 1.56. The van der Waals surface area contributed by atoms with E-state index < -0.39 is 0 Å². The molecular weight excluding hydrogens is 356 g/mol. The minimum Gasteiger partial charge on any atom is -0.463 e. The molecular formula is C23H34O5. The first-order chi connectivity index (χ1) is 13.1. The molecule has 0 N–H and O–H groups in total. The van der Waals surface area contributed by atoms with Crippen LogP contribution in [0, 0.1) is 34.5 Å². The van der Waals surface area contributed by atoms with Gasteiger partial charge in [0.15, 0.2) is 0 Å². The second kappa shape index (κ2) is 6.84. The number of carbonyl (C=O) groups excluding carboxylic acids is 3. The van der Waals surface area contributed by atoms with Gasteiger partial charge in [-0.3, -0.25) is 14.4 Å². The first-order valence-corrected chi connectivity index (χ1v) is 11.0. The van der Waals surface area contributed by atoms with Crippen molar-refractivity contribution in [3.8, 4) is 0 Å². The van der Waals surface area contributed by atoms with Gasteiger partial charge in [0.25, 0.3) is 0 Å². The summed E-state index contributed by atoms with van der Waals surface area (Å²) in [7, 11) is 0. The fourth-order valence-electron chi connectivity index (χ4n) is 7.72. The topological polar surface area (TPSA) is 69.7 Å². The molecule has 4 fully saturated rings. The van der Waals surface area contributed by atoms with Crippen molar-refractivity contribution in [2.75, 3.05) is 0 Å². The van der Waals surface area contributed by atoms with E-state index in [9.17, 15) is 14.4 Å². The molecule has 4 aliphatic carbocycles. The van der Waals surface area contributed by atoms with Gasteiger partial charge in [-0.2, -0.15) is 0 Å². The lowest BCUT2D eigenvalue weighted by Crippen LogP contribution is -2.57. The molecule has 4 rings (SSSR count). The maximum Gasteiger partial charge on any atom is 0.302 e. The Kier molecular flexibility index (Phi) is 4.86. The van der Waals surface area contributed by atoms with Crippen LogP contribution in [0.1, 0.15) is 79.1 Å². The van der Waals surface area contributed by atoms with Crippen LogP contribution < -0.4 is 0 Å². The lowest BCUT2D eigenvalue weighted by Gasteiger charge is -2.59. The van der Waals surface area contributed by atoms with E-state index in [4.69, 9.17) is 9.47 Å². The van der Waals surface area contributed by atoms with Gasteiger partial charge < -0.3 is 9.47 Å². The number of ketones is 1. The Morgan fingerprint density at radius 1 is 0.964 bits per heavy atom. The van der Waals surface area contributed by atoms with E-state index in [1.807, 2.05) is 0 Å². The molecule has 0 aromatic heterocycles. The normalized spacial score (nSPS) is 47.5. The Morgan fingerprint density at radius 2 is 1.64 bits per heavy atom. The Hall–Kier alpha value is -1.39. The molecule has 0 amide bonds. The molecule has 5 nitrogen and oxygen atoms in total. The highest BCUT2D eigenvalue weighted by Crippen LogP contribution is 2.65. The van der Waals surface area contributed by atoms with E-state index in [1.54, 1.807) is 0 Å². The molecule has 0 aromatic rings. The van der Waals surface area contributed by atoms with Crippen molar-refractivity contribution in [2.45, 2.75) is 91.3 Å². The third-order valence-electron chi connectivity index (χ3n) is 8.69. The van der Waals surface area contributed by atoms with Crippen LogP contribution in [0.4, 0.5) is 0 Å². The van der Waals surface area contributed by atoms with Gasteiger partial charge >= 0.3 is 11.9 Å². The predicted octanol–water partition coefficient (Wildman–Crippen LogP) is 4.07. The van der Waals surface area contributed by atoms with Crippen molar-refractivity contribution in [3.05, 3.63) is 0 Å². The van der Waals surface area contributed by atoms with Crippen molar-refractivity contribution < 1.29 is 23.9 Å². The molecule has 0 aromatic carbocycles. The zero-order valence-electron chi connectivity index (χ0n) is 17.7. The minimum atomic E-state index is -0.213. The standard InChI is InChI=1S/C23H34O5/c1-13(24)27-16-7-8-23(4)15(9-16)5-6-18-19-10-17(28-14(2)25)11-22(19,3)12-20(26)21(18)23/h15-19,21H,5-12H2,1-4H3/t15-,16-,17-,18-,19-,21+,22-,23-/m0/s1. The van der Waals surface area contributed by atoms with Crippen molar-refractivity contribution in [1.82, 2.24) is 0 Å². The summed E-state index contributed by atoms with van der Waals surface area (Å²) >= 11 is 0. The molecule has 0 heterocycles. The fourth-order valence-corrected chi connectivity index (χ4v) is 7.72. The van der Waals surface area contributed by atoms with Crippen LogP contribution in [0.3, 0.4) is 0 Å². The van der Waals surface area contributed by atoms with Gasteiger partial charge in [0.1, 0.15) is 18.0 Å². The summed E-state index contributed by atoms with van der Waals surface area (Å²) in [5.41, 5.74) is -0.0198.